The summed E-state index contributed by atoms with van der Waals surface area (Å²) in [5.41, 5.74) is 0.445. The summed E-state index contributed by atoms with van der Waals surface area (Å²) >= 11 is 1.11. The molecule has 0 spiro atoms. The maximum absolute atomic E-state index is 13.3. The molecule has 1 N–H and O–H groups in total. The number of halogens is 3. The van der Waals surface area contributed by atoms with E-state index in [2.05, 4.69) is 10.3 Å². The van der Waals surface area contributed by atoms with Crippen molar-refractivity contribution in [1.29, 1.82) is 0 Å². The van der Waals surface area contributed by atoms with Crippen LogP contribution in [-0.2, 0) is 17.5 Å². The molecule has 0 saturated carbocycles. The van der Waals surface area contributed by atoms with Gasteiger partial charge in [-0.3, -0.25) is 9.59 Å². The minimum absolute atomic E-state index is 0.0678. The van der Waals surface area contributed by atoms with Crippen molar-refractivity contribution in [1.82, 2.24) is 14.8 Å². The van der Waals surface area contributed by atoms with Crippen molar-refractivity contribution in [2.75, 3.05) is 25.0 Å². The SMILES string of the molecule is O=C(CN(Cc1ccccc1)C(=O)c1csc(Nc2cccc(C(F)(F)F)c2)n1)N1CCCC1. The number of nitrogens with one attached hydrogen (secondary N) is 1. The van der Waals surface area contributed by atoms with Crippen LogP contribution in [0.4, 0.5) is 24.0 Å². The van der Waals surface area contributed by atoms with Crippen LogP contribution in [-0.4, -0.2) is 46.2 Å². The van der Waals surface area contributed by atoms with Gasteiger partial charge < -0.3 is 15.1 Å². The van der Waals surface area contributed by atoms with Crippen molar-refractivity contribution in [2.45, 2.75) is 25.6 Å². The molecule has 0 atom stereocenters. The summed E-state index contributed by atoms with van der Waals surface area (Å²) in [4.78, 5) is 33.5. The van der Waals surface area contributed by atoms with E-state index in [1.807, 2.05) is 30.3 Å². The second kappa shape index (κ2) is 10.3. The van der Waals surface area contributed by atoms with Gasteiger partial charge in [0.05, 0.1) is 5.56 Å². The van der Waals surface area contributed by atoms with Crippen molar-refractivity contribution >= 4 is 34.0 Å². The number of thiazole rings is 1. The molecule has 0 bridgehead atoms. The second-order valence-corrected chi connectivity index (χ2v) is 8.83. The summed E-state index contributed by atoms with van der Waals surface area (Å²) in [6, 6.07) is 14.1. The Balaban J connectivity index is 1.50. The molecular weight excluding hydrogens is 465 g/mol. The molecule has 0 radical (unpaired) electrons. The van der Waals surface area contributed by atoms with Crippen LogP contribution in [0.5, 0.6) is 0 Å². The Morgan fingerprint density at radius 3 is 2.50 bits per heavy atom. The molecule has 34 heavy (non-hydrogen) atoms. The van der Waals surface area contributed by atoms with Crippen LogP contribution >= 0.6 is 11.3 Å². The number of anilines is 2. The number of amides is 2. The highest BCUT2D eigenvalue weighted by molar-refractivity contribution is 7.14. The second-order valence-electron chi connectivity index (χ2n) is 7.98. The van der Waals surface area contributed by atoms with Gasteiger partial charge >= 0.3 is 6.18 Å². The third kappa shape index (κ3) is 5.93. The molecule has 1 saturated heterocycles. The first kappa shape index (κ1) is 23.7. The van der Waals surface area contributed by atoms with Gasteiger partial charge in [-0.2, -0.15) is 13.2 Å². The van der Waals surface area contributed by atoms with Crippen LogP contribution in [0.25, 0.3) is 0 Å². The molecule has 1 fully saturated rings. The van der Waals surface area contributed by atoms with Gasteiger partial charge in [-0.05, 0) is 36.6 Å². The standard InChI is InChI=1S/C24H23F3N4O2S/c25-24(26,27)18-9-6-10-19(13-18)28-23-29-20(16-34-23)22(33)31(14-17-7-2-1-3-8-17)15-21(32)30-11-4-5-12-30/h1-3,6-10,13,16H,4-5,11-12,14-15H2,(H,28,29). The molecule has 2 amide bonds. The van der Waals surface area contributed by atoms with Gasteiger partial charge in [-0.15, -0.1) is 11.3 Å². The predicted octanol–water partition coefficient (Wildman–Crippen LogP) is 5.17. The average Bonchev–Trinajstić information content (AvgIpc) is 3.51. The van der Waals surface area contributed by atoms with Gasteiger partial charge in [0, 0.05) is 30.7 Å². The summed E-state index contributed by atoms with van der Waals surface area (Å²) in [5, 5.41) is 4.65. The summed E-state index contributed by atoms with van der Waals surface area (Å²) in [6.07, 6.45) is -2.55. The Morgan fingerprint density at radius 1 is 1.06 bits per heavy atom. The van der Waals surface area contributed by atoms with E-state index in [1.54, 1.807) is 4.90 Å². The number of carbonyl (C=O) groups is 2. The average molecular weight is 489 g/mol. The number of aromatic nitrogens is 1. The lowest BCUT2D eigenvalue weighted by molar-refractivity contribution is -0.137. The smallest absolute Gasteiger partial charge is 0.341 e. The lowest BCUT2D eigenvalue weighted by Crippen LogP contribution is -2.41. The topological polar surface area (TPSA) is 65.5 Å². The highest BCUT2D eigenvalue weighted by Gasteiger charge is 2.30. The van der Waals surface area contributed by atoms with Crippen molar-refractivity contribution in [2.24, 2.45) is 0 Å². The number of alkyl halides is 3. The van der Waals surface area contributed by atoms with E-state index in [9.17, 15) is 22.8 Å². The number of likely N-dealkylation sites (tertiary alicyclic amines) is 1. The zero-order valence-electron chi connectivity index (χ0n) is 18.2. The fourth-order valence-electron chi connectivity index (χ4n) is 3.72. The number of nitrogens with zero attached hydrogens (tertiary/aromatic N) is 3. The Hall–Kier alpha value is -3.40. The van der Waals surface area contributed by atoms with Crippen LogP contribution in [0.15, 0.2) is 60.0 Å². The first-order valence-electron chi connectivity index (χ1n) is 10.8. The molecule has 1 aliphatic heterocycles. The van der Waals surface area contributed by atoms with Crippen molar-refractivity contribution < 1.29 is 22.8 Å². The molecule has 178 valence electrons. The van der Waals surface area contributed by atoms with E-state index >= 15 is 0 Å². The Kier molecular flexibility index (Phi) is 7.16. The molecule has 2 heterocycles. The van der Waals surface area contributed by atoms with E-state index in [1.165, 1.54) is 22.4 Å². The quantitative estimate of drug-likeness (QED) is 0.498. The lowest BCUT2D eigenvalue weighted by Gasteiger charge is -2.24. The van der Waals surface area contributed by atoms with E-state index in [0.717, 1.165) is 41.9 Å². The van der Waals surface area contributed by atoms with E-state index in [4.69, 9.17) is 0 Å². The number of hydrogen-bond acceptors (Lipinski definition) is 5. The highest BCUT2D eigenvalue weighted by atomic mass is 32.1. The van der Waals surface area contributed by atoms with E-state index in [-0.39, 0.29) is 35.5 Å². The van der Waals surface area contributed by atoms with Crippen LogP contribution in [0.1, 0.15) is 34.5 Å². The molecule has 2 aromatic carbocycles. The Labute approximate surface area is 199 Å². The first-order chi connectivity index (χ1) is 16.3. The van der Waals surface area contributed by atoms with Crippen LogP contribution in [0.3, 0.4) is 0 Å². The van der Waals surface area contributed by atoms with Gasteiger partial charge in [-0.25, -0.2) is 4.98 Å². The Morgan fingerprint density at radius 2 is 1.79 bits per heavy atom. The number of hydrogen-bond donors (Lipinski definition) is 1. The summed E-state index contributed by atoms with van der Waals surface area (Å²) in [7, 11) is 0. The third-order valence-corrected chi connectivity index (χ3v) is 6.21. The van der Waals surface area contributed by atoms with Crippen molar-refractivity contribution in [3.05, 3.63) is 76.8 Å². The normalized spacial score (nSPS) is 13.7. The van der Waals surface area contributed by atoms with Crippen LogP contribution in [0, 0.1) is 0 Å². The fourth-order valence-corrected chi connectivity index (χ4v) is 4.43. The molecule has 3 aromatic rings. The molecule has 4 rings (SSSR count). The zero-order chi connectivity index (χ0) is 24.1. The number of carbonyl (C=O) groups excluding carboxylic acids is 2. The summed E-state index contributed by atoms with van der Waals surface area (Å²) in [6.45, 7) is 1.55. The van der Waals surface area contributed by atoms with Gasteiger partial charge in [0.15, 0.2) is 5.13 Å². The minimum Gasteiger partial charge on any atom is -0.341 e. The largest absolute Gasteiger partial charge is 0.416 e. The van der Waals surface area contributed by atoms with Gasteiger partial charge in [0.1, 0.15) is 12.2 Å². The molecule has 1 aliphatic rings. The monoisotopic (exact) mass is 488 g/mol. The van der Waals surface area contributed by atoms with Gasteiger partial charge in [0.2, 0.25) is 5.91 Å². The van der Waals surface area contributed by atoms with Crippen LogP contribution < -0.4 is 5.32 Å². The third-order valence-electron chi connectivity index (χ3n) is 5.45. The molecule has 10 heteroatoms. The number of rotatable bonds is 7. The molecular formula is C24H23F3N4O2S. The van der Waals surface area contributed by atoms with E-state index < -0.39 is 17.6 Å². The van der Waals surface area contributed by atoms with Crippen LogP contribution in [0.2, 0.25) is 0 Å². The number of benzene rings is 2. The lowest BCUT2D eigenvalue weighted by atomic mass is 10.2. The zero-order valence-corrected chi connectivity index (χ0v) is 19.0. The maximum Gasteiger partial charge on any atom is 0.416 e. The minimum atomic E-state index is -4.46. The van der Waals surface area contributed by atoms with Gasteiger partial charge in [-0.1, -0.05) is 36.4 Å². The van der Waals surface area contributed by atoms with Crippen molar-refractivity contribution in [3.8, 4) is 0 Å². The Bertz CT molecular complexity index is 1140. The molecule has 6 nitrogen and oxygen atoms in total. The van der Waals surface area contributed by atoms with Gasteiger partial charge in [0.25, 0.3) is 5.91 Å². The predicted molar refractivity (Wildman–Crippen MR) is 124 cm³/mol. The highest BCUT2D eigenvalue weighted by Crippen LogP contribution is 2.32. The maximum atomic E-state index is 13.3. The fraction of sp³-hybridized carbons (Fsp3) is 0.292. The first-order valence-corrected chi connectivity index (χ1v) is 11.7. The van der Waals surface area contributed by atoms with Crippen molar-refractivity contribution in [3.63, 3.8) is 0 Å². The molecule has 1 aromatic heterocycles. The summed E-state index contributed by atoms with van der Waals surface area (Å²) < 4.78 is 38.9. The molecule has 0 aliphatic carbocycles. The summed E-state index contributed by atoms with van der Waals surface area (Å²) in [5.74, 6) is -0.524. The molecule has 0 unspecified atom stereocenters. The van der Waals surface area contributed by atoms with E-state index in [0.29, 0.717) is 13.1 Å².